The molecule has 0 fully saturated rings. The van der Waals surface area contributed by atoms with Crippen LogP contribution in [0.5, 0.6) is 0 Å². The summed E-state index contributed by atoms with van der Waals surface area (Å²) < 4.78 is 2.15. The second-order valence-corrected chi connectivity index (χ2v) is 2.81. The highest BCUT2D eigenvalue weighted by atomic mass is 32.1. The second kappa shape index (κ2) is 2.28. The van der Waals surface area contributed by atoms with E-state index in [0.29, 0.717) is 15.9 Å². The van der Waals surface area contributed by atoms with Crippen LogP contribution < -0.4 is 5.56 Å². The molecule has 0 radical (unpaired) electrons. The lowest BCUT2D eigenvalue weighted by Gasteiger charge is -1.89. The third-order valence-corrected chi connectivity index (χ3v) is 2.06. The Kier molecular flexibility index (Phi) is 1.37. The van der Waals surface area contributed by atoms with Crippen molar-refractivity contribution in [2.24, 2.45) is 7.05 Å². The van der Waals surface area contributed by atoms with Crippen LogP contribution in [-0.4, -0.2) is 19.5 Å². The van der Waals surface area contributed by atoms with Crippen LogP contribution >= 0.6 is 12.2 Å². The number of nitrogens with zero attached hydrogens (tertiary/aromatic N) is 2. The minimum atomic E-state index is -0.202. The molecular weight excluding hydrogens is 176 g/mol. The average Bonchev–Trinajstić information content (AvgIpc) is 2.32. The number of hydrogen-bond acceptors (Lipinski definition) is 3. The Bertz CT molecular complexity index is 534. The van der Waals surface area contributed by atoms with Crippen LogP contribution in [0.4, 0.5) is 0 Å². The van der Waals surface area contributed by atoms with E-state index >= 15 is 0 Å². The van der Waals surface area contributed by atoms with Gasteiger partial charge in [0.2, 0.25) is 0 Å². The molecule has 0 aromatic carbocycles. The molecule has 2 aromatic rings. The average molecular weight is 182 g/mol. The highest BCUT2D eigenvalue weighted by molar-refractivity contribution is 7.71. The van der Waals surface area contributed by atoms with E-state index in [1.165, 1.54) is 6.33 Å². The zero-order valence-corrected chi connectivity index (χ0v) is 7.10. The van der Waals surface area contributed by atoms with E-state index in [2.05, 4.69) is 15.0 Å². The van der Waals surface area contributed by atoms with Gasteiger partial charge in [-0.05, 0) is 12.2 Å². The molecule has 2 rings (SSSR count). The molecule has 2 aromatic heterocycles. The van der Waals surface area contributed by atoms with Crippen molar-refractivity contribution < 1.29 is 0 Å². The Morgan fingerprint density at radius 1 is 1.67 bits per heavy atom. The lowest BCUT2D eigenvalue weighted by Crippen LogP contribution is -2.06. The predicted octanol–water partition coefficient (Wildman–Crippen LogP) is 0.319. The number of fused-ring (bicyclic) bond motifs is 1. The maximum atomic E-state index is 11.2. The summed E-state index contributed by atoms with van der Waals surface area (Å²) in [6.45, 7) is 0. The van der Waals surface area contributed by atoms with E-state index in [1.54, 1.807) is 11.6 Å². The molecule has 0 aliphatic heterocycles. The summed E-state index contributed by atoms with van der Waals surface area (Å²) in [5.41, 5.74) is 0.792. The molecular formula is C6H6N4OS. The maximum Gasteiger partial charge on any atom is 0.276 e. The fraction of sp³-hybridized carbons (Fsp3) is 0.167. The molecule has 12 heavy (non-hydrogen) atoms. The number of rotatable bonds is 0. The number of H-pyrrole nitrogens is 2. The minimum Gasteiger partial charge on any atom is -0.325 e. The summed E-state index contributed by atoms with van der Waals surface area (Å²) >= 11 is 4.93. The summed E-state index contributed by atoms with van der Waals surface area (Å²) in [5, 5.41) is 0. The van der Waals surface area contributed by atoms with Gasteiger partial charge in [0, 0.05) is 7.05 Å². The third-order valence-electron chi connectivity index (χ3n) is 1.69. The van der Waals surface area contributed by atoms with Gasteiger partial charge in [-0.25, -0.2) is 4.98 Å². The van der Waals surface area contributed by atoms with Crippen molar-refractivity contribution in [2.45, 2.75) is 0 Å². The zero-order chi connectivity index (χ0) is 8.72. The quantitative estimate of drug-likeness (QED) is 0.576. The molecule has 0 saturated heterocycles. The van der Waals surface area contributed by atoms with Gasteiger partial charge in [-0.3, -0.25) is 4.79 Å². The number of imidazole rings is 1. The number of nitrogens with one attached hydrogen (secondary N) is 2. The van der Waals surface area contributed by atoms with Crippen molar-refractivity contribution in [1.82, 2.24) is 19.5 Å². The molecule has 0 atom stereocenters. The van der Waals surface area contributed by atoms with E-state index in [9.17, 15) is 4.79 Å². The number of aromatic nitrogens is 4. The predicted molar refractivity (Wildman–Crippen MR) is 46.5 cm³/mol. The Morgan fingerprint density at radius 2 is 2.42 bits per heavy atom. The molecule has 0 amide bonds. The normalized spacial score (nSPS) is 10.8. The third kappa shape index (κ3) is 0.814. The monoisotopic (exact) mass is 182 g/mol. The number of aromatic amines is 2. The molecule has 5 nitrogen and oxygen atoms in total. The minimum absolute atomic E-state index is 0.202. The Hall–Kier alpha value is -1.43. The summed E-state index contributed by atoms with van der Waals surface area (Å²) in [7, 11) is 1.76. The van der Waals surface area contributed by atoms with Crippen molar-refractivity contribution in [3.8, 4) is 0 Å². The molecule has 0 saturated carbocycles. The standard InChI is InChI=1S/C6H6N4OS/c1-10-4-3(9-6(10)12)5(11)8-2-7-4/h2H,1H3,(H,9,12)(H,7,8,11). The molecule has 0 aliphatic carbocycles. The fourth-order valence-corrected chi connectivity index (χ4v) is 1.23. The van der Waals surface area contributed by atoms with Gasteiger partial charge in [-0.15, -0.1) is 0 Å². The Morgan fingerprint density at radius 3 is 3.08 bits per heavy atom. The number of aryl methyl sites for hydroxylation is 1. The van der Waals surface area contributed by atoms with E-state index in [0.717, 1.165) is 0 Å². The fourth-order valence-electron chi connectivity index (χ4n) is 1.04. The van der Waals surface area contributed by atoms with Crippen molar-refractivity contribution in [3.05, 3.63) is 21.5 Å². The van der Waals surface area contributed by atoms with E-state index in [1.807, 2.05) is 0 Å². The van der Waals surface area contributed by atoms with Crippen LogP contribution in [0.25, 0.3) is 11.2 Å². The molecule has 62 valence electrons. The second-order valence-electron chi connectivity index (χ2n) is 2.42. The van der Waals surface area contributed by atoms with Crippen LogP contribution in [-0.2, 0) is 7.05 Å². The highest BCUT2D eigenvalue weighted by Crippen LogP contribution is 2.02. The molecule has 2 heterocycles. The van der Waals surface area contributed by atoms with Crippen molar-refractivity contribution in [2.75, 3.05) is 0 Å². The lowest BCUT2D eigenvalue weighted by molar-refractivity contribution is 0.909. The molecule has 0 unspecified atom stereocenters. The molecule has 2 N–H and O–H groups in total. The first-order valence-electron chi connectivity index (χ1n) is 3.32. The van der Waals surface area contributed by atoms with Crippen molar-refractivity contribution >= 4 is 23.4 Å². The highest BCUT2D eigenvalue weighted by Gasteiger charge is 2.03. The number of hydrogen-bond donors (Lipinski definition) is 2. The lowest BCUT2D eigenvalue weighted by atomic mass is 10.5. The van der Waals surface area contributed by atoms with Gasteiger partial charge in [0.1, 0.15) is 0 Å². The zero-order valence-electron chi connectivity index (χ0n) is 6.29. The Labute approximate surface area is 72.1 Å². The first-order valence-corrected chi connectivity index (χ1v) is 3.73. The smallest absolute Gasteiger partial charge is 0.276 e. The van der Waals surface area contributed by atoms with Crippen LogP contribution in [0.1, 0.15) is 0 Å². The van der Waals surface area contributed by atoms with Gasteiger partial charge in [-0.1, -0.05) is 0 Å². The van der Waals surface area contributed by atoms with Crippen molar-refractivity contribution in [1.29, 1.82) is 0 Å². The summed E-state index contributed by atoms with van der Waals surface area (Å²) in [5.74, 6) is 0. The van der Waals surface area contributed by atoms with Gasteiger partial charge < -0.3 is 14.5 Å². The SMILES string of the molecule is Cn1c(=S)[nH]c2c(=O)[nH]cnc21. The van der Waals surface area contributed by atoms with Gasteiger partial charge in [0.25, 0.3) is 5.56 Å². The van der Waals surface area contributed by atoms with Gasteiger partial charge in [0.05, 0.1) is 6.33 Å². The first kappa shape index (κ1) is 7.23. The van der Waals surface area contributed by atoms with Crippen LogP contribution in [0.2, 0.25) is 0 Å². The van der Waals surface area contributed by atoms with E-state index in [-0.39, 0.29) is 5.56 Å². The largest absolute Gasteiger partial charge is 0.325 e. The molecule has 0 aliphatic rings. The van der Waals surface area contributed by atoms with E-state index < -0.39 is 0 Å². The summed E-state index contributed by atoms with van der Waals surface area (Å²) in [6, 6.07) is 0. The van der Waals surface area contributed by atoms with Gasteiger partial charge >= 0.3 is 0 Å². The topological polar surface area (TPSA) is 66.5 Å². The molecule has 0 bridgehead atoms. The van der Waals surface area contributed by atoms with Gasteiger partial charge in [0.15, 0.2) is 15.9 Å². The Balaban J connectivity index is 3.16. The van der Waals surface area contributed by atoms with Crippen LogP contribution in [0.15, 0.2) is 11.1 Å². The maximum absolute atomic E-state index is 11.2. The summed E-state index contributed by atoms with van der Waals surface area (Å²) in [4.78, 5) is 20.4. The molecule has 6 heteroatoms. The van der Waals surface area contributed by atoms with E-state index in [4.69, 9.17) is 12.2 Å². The van der Waals surface area contributed by atoms with Crippen molar-refractivity contribution in [3.63, 3.8) is 0 Å². The summed E-state index contributed by atoms with van der Waals surface area (Å²) in [6.07, 6.45) is 1.35. The van der Waals surface area contributed by atoms with Crippen LogP contribution in [0, 0.1) is 4.77 Å². The van der Waals surface area contributed by atoms with Crippen LogP contribution in [0.3, 0.4) is 0 Å². The molecule has 0 spiro atoms. The first-order chi connectivity index (χ1) is 5.70. The van der Waals surface area contributed by atoms with Gasteiger partial charge in [-0.2, -0.15) is 0 Å².